The molecule has 0 bridgehead atoms. The van der Waals surface area contributed by atoms with Crippen LogP contribution in [0.15, 0.2) is 4.99 Å². The Morgan fingerprint density at radius 2 is 1.70 bits per heavy atom. The van der Waals surface area contributed by atoms with Crippen molar-refractivity contribution in [2.24, 2.45) is 16.8 Å². The fourth-order valence-electron chi connectivity index (χ4n) is 3.84. The number of rotatable bonds is 7. The van der Waals surface area contributed by atoms with Crippen LogP contribution in [0, 0.1) is 11.8 Å². The van der Waals surface area contributed by atoms with E-state index in [0.29, 0.717) is 32.0 Å². The first-order valence-electron chi connectivity index (χ1n) is 10.0. The molecule has 156 valence electrons. The summed E-state index contributed by atoms with van der Waals surface area (Å²) >= 11 is 0. The summed E-state index contributed by atoms with van der Waals surface area (Å²) in [5.41, 5.74) is 0. The van der Waals surface area contributed by atoms with E-state index in [-0.39, 0.29) is 41.8 Å². The highest BCUT2D eigenvalue weighted by molar-refractivity contribution is 14.0. The lowest BCUT2D eigenvalue weighted by Gasteiger charge is -2.33. The second kappa shape index (κ2) is 13.2. The first-order valence-corrected chi connectivity index (χ1v) is 10.0. The minimum atomic E-state index is -0.0833. The Balaban J connectivity index is 0.00000364. The van der Waals surface area contributed by atoms with Crippen molar-refractivity contribution >= 4 is 41.8 Å². The van der Waals surface area contributed by atoms with Crippen LogP contribution in [0.3, 0.4) is 0 Å². The molecular formula is C19H35IN4O3. The molecule has 1 aliphatic heterocycles. The number of piperidine rings is 1. The van der Waals surface area contributed by atoms with E-state index in [4.69, 9.17) is 4.74 Å². The Bertz CT molecular complexity index is 487. The highest BCUT2D eigenvalue weighted by atomic mass is 127. The second-order valence-corrected chi connectivity index (χ2v) is 7.19. The van der Waals surface area contributed by atoms with Crippen LogP contribution >= 0.6 is 24.0 Å². The van der Waals surface area contributed by atoms with E-state index < -0.39 is 0 Å². The SMILES string of the molecule is CCOC(=O)C1CCN(C(=NC)NCCNC(=O)CC2CCCC2)CC1.I. The van der Waals surface area contributed by atoms with Crippen molar-refractivity contribution in [3.05, 3.63) is 0 Å². The van der Waals surface area contributed by atoms with Gasteiger partial charge in [-0.2, -0.15) is 0 Å². The number of nitrogens with one attached hydrogen (secondary N) is 2. The lowest BCUT2D eigenvalue weighted by atomic mass is 9.97. The number of aliphatic imine (C=N–C) groups is 1. The van der Waals surface area contributed by atoms with Crippen molar-refractivity contribution in [2.45, 2.75) is 51.9 Å². The molecule has 2 fully saturated rings. The fraction of sp³-hybridized carbons (Fsp3) is 0.842. The molecule has 1 amide bonds. The van der Waals surface area contributed by atoms with E-state index in [9.17, 15) is 9.59 Å². The average molecular weight is 494 g/mol. The van der Waals surface area contributed by atoms with Gasteiger partial charge in [0.25, 0.3) is 0 Å². The molecule has 0 aromatic rings. The van der Waals surface area contributed by atoms with Crippen LogP contribution in [-0.2, 0) is 14.3 Å². The number of carbonyl (C=O) groups excluding carboxylic acids is 2. The van der Waals surface area contributed by atoms with Crippen molar-refractivity contribution in [3.8, 4) is 0 Å². The molecular weight excluding hydrogens is 459 g/mol. The molecule has 1 heterocycles. The summed E-state index contributed by atoms with van der Waals surface area (Å²) < 4.78 is 5.11. The largest absolute Gasteiger partial charge is 0.466 e. The number of hydrogen-bond acceptors (Lipinski definition) is 4. The van der Waals surface area contributed by atoms with Crippen LogP contribution in [0.4, 0.5) is 0 Å². The maximum Gasteiger partial charge on any atom is 0.309 e. The lowest BCUT2D eigenvalue weighted by Crippen LogP contribution is -2.48. The van der Waals surface area contributed by atoms with Gasteiger partial charge in [0, 0.05) is 39.6 Å². The zero-order valence-corrected chi connectivity index (χ0v) is 19.0. The van der Waals surface area contributed by atoms with Crippen molar-refractivity contribution in [1.29, 1.82) is 0 Å². The molecule has 0 unspecified atom stereocenters. The van der Waals surface area contributed by atoms with Gasteiger partial charge in [0.05, 0.1) is 12.5 Å². The zero-order chi connectivity index (χ0) is 18.8. The maximum atomic E-state index is 11.9. The highest BCUT2D eigenvalue weighted by Gasteiger charge is 2.27. The van der Waals surface area contributed by atoms with E-state index in [1.165, 1.54) is 25.7 Å². The number of amides is 1. The molecule has 1 aliphatic carbocycles. The molecule has 2 aliphatic rings. The third-order valence-electron chi connectivity index (χ3n) is 5.31. The Hall–Kier alpha value is -1.06. The average Bonchev–Trinajstić information content (AvgIpc) is 3.15. The van der Waals surface area contributed by atoms with Crippen LogP contribution in [-0.4, -0.2) is 62.6 Å². The van der Waals surface area contributed by atoms with Gasteiger partial charge in [-0.3, -0.25) is 14.6 Å². The molecule has 1 saturated carbocycles. The molecule has 0 aromatic heterocycles. The van der Waals surface area contributed by atoms with Gasteiger partial charge >= 0.3 is 5.97 Å². The van der Waals surface area contributed by atoms with Crippen LogP contribution < -0.4 is 10.6 Å². The topological polar surface area (TPSA) is 83.0 Å². The molecule has 2 rings (SSSR count). The van der Waals surface area contributed by atoms with Gasteiger partial charge in [-0.1, -0.05) is 12.8 Å². The second-order valence-electron chi connectivity index (χ2n) is 7.19. The van der Waals surface area contributed by atoms with Crippen molar-refractivity contribution < 1.29 is 14.3 Å². The van der Waals surface area contributed by atoms with E-state index in [0.717, 1.165) is 31.9 Å². The molecule has 0 spiro atoms. The summed E-state index contributed by atoms with van der Waals surface area (Å²) in [4.78, 5) is 30.2. The summed E-state index contributed by atoms with van der Waals surface area (Å²) in [5.74, 6) is 1.48. The molecule has 0 aromatic carbocycles. The van der Waals surface area contributed by atoms with Gasteiger partial charge in [-0.25, -0.2) is 0 Å². The summed E-state index contributed by atoms with van der Waals surface area (Å²) in [6.07, 6.45) is 7.16. The molecule has 0 atom stereocenters. The number of hydrogen-bond donors (Lipinski definition) is 2. The van der Waals surface area contributed by atoms with E-state index >= 15 is 0 Å². The van der Waals surface area contributed by atoms with Gasteiger partial charge in [-0.15, -0.1) is 24.0 Å². The summed E-state index contributed by atoms with van der Waals surface area (Å²) in [6.45, 7) is 5.11. The van der Waals surface area contributed by atoms with E-state index in [2.05, 4.69) is 20.5 Å². The number of ether oxygens (including phenoxy) is 1. The van der Waals surface area contributed by atoms with E-state index in [1.807, 2.05) is 6.92 Å². The lowest BCUT2D eigenvalue weighted by molar-refractivity contribution is -0.149. The summed E-state index contributed by atoms with van der Waals surface area (Å²) in [5, 5.41) is 6.29. The van der Waals surface area contributed by atoms with E-state index in [1.54, 1.807) is 7.05 Å². The fourth-order valence-corrected chi connectivity index (χ4v) is 3.84. The van der Waals surface area contributed by atoms with Crippen LogP contribution in [0.5, 0.6) is 0 Å². The Kier molecular flexibility index (Phi) is 11.7. The predicted molar refractivity (Wildman–Crippen MR) is 117 cm³/mol. The molecule has 2 N–H and O–H groups in total. The number of esters is 1. The van der Waals surface area contributed by atoms with Gasteiger partial charge in [0.2, 0.25) is 5.91 Å². The first-order chi connectivity index (χ1) is 12.6. The minimum Gasteiger partial charge on any atom is -0.466 e. The smallest absolute Gasteiger partial charge is 0.309 e. The predicted octanol–water partition coefficient (Wildman–Crippen LogP) is 2.15. The molecule has 8 heteroatoms. The summed E-state index contributed by atoms with van der Waals surface area (Å²) in [6, 6.07) is 0. The van der Waals surface area contributed by atoms with Crippen molar-refractivity contribution in [3.63, 3.8) is 0 Å². The van der Waals surface area contributed by atoms with Crippen LogP contribution in [0.1, 0.15) is 51.9 Å². The van der Waals surface area contributed by atoms with Gasteiger partial charge < -0.3 is 20.3 Å². The monoisotopic (exact) mass is 494 g/mol. The van der Waals surface area contributed by atoms with Crippen LogP contribution in [0.25, 0.3) is 0 Å². The first kappa shape index (κ1) is 24.0. The maximum absolute atomic E-state index is 11.9. The molecule has 1 saturated heterocycles. The third-order valence-corrected chi connectivity index (χ3v) is 5.31. The van der Waals surface area contributed by atoms with Gasteiger partial charge in [-0.05, 0) is 38.5 Å². The molecule has 7 nitrogen and oxygen atoms in total. The molecule has 27 heavy (non-hydrogen) atoms. The van der Waals surface area contributed by atoms with Crippen LogP contribution in [0.2, 0.25) is 0 Å². The number of likely N-dealkylation sites (tertiary alicyclic amines) is 1. The Morgan fingerprint density at radius 1 is 1.07 bits per heavy atom. The van der Waals surface area contributed by atoms with Gasteiger partial charge in [0.15, 0.2) is 5.96 Å². The number of nitrogens with zero attached hydrogens (tertiary/aromatic N) is 2. The molecule has 0 radical (unpaired) electrons. The number of halogens is 1. The third kappa shape index (κ3) is 8.23. The number of guanidine groups is 1. The Labute approximate surface area is 180 Å². The van der Waals surface area contributed by atoms with Crippen molar-refractivity contribution in [1.82, 2.24) is 15.5 Å². The normalized spacial score (nSPS) is 18.7. The number of carbonyl (C=O) groups is 2. The quantitative estimate of drug-likeness (QED) is 0.186. The van der Waals surface area contributed by atoms with Gasteiger partial charge in [0.1, 0.15) is 0 Å². The highest BCUT2D eigenvalue weighted by Crippen LogP contribution is 2.27. The zero-order valence-electron chi connectivity index (χ0n) is 16.7. The minimum absolute atomic E-state index is 0. The Morgan fingerprint density at radius 3 is 2.30 bits per heavy atom. The standard InChI is InChI=1S/C19H34N4O3.HI/c1-3-26-18(25)16-8-12-23(13-9-16)19(20-2)22-11-10-21-17(24)14-15-6-4-5-7-15;/h15-16H,3-14H2,1-2H3,(H,20,22)(H,21,24);1H. The summed E-state index contributed by atoms with van der Waals surface area (Å²) in [7, 11) is 1.76. The van der Waals surface area contributed by atoms with Crippen molar-refractivity contribution in [2.75, 3.05) is 39.8 Å².